The number of rotatable bonds is 2. The molecule has 0 spiro atoms. The van der Waals surface area contributed by atoms with Crippen molar-refractivity contribution in [3.63, 3.8) is 0 Å². The van der Waals surface area contributed by atoms with Crippen LogP contribution in [0, 0.1) is 6.07 Å². The molecule has 0 aliphatic heterocycles. The zero-order valence-corrected chi connectivity index (χ0v) is 10.4. The van der Waals surface area contributed by atoms with Crippen molar-refractivity contribution in [1.82, 2.24) is 4.57 Å². The largest absolute Gasteiger partial charge is 0.508 e. The second-order valence-corrected chi connectivity index (χ2v) is 4.43. The Labute approximate surface area is 110 Å². The van der Waals surface area contributed by atoms with E-state index < -0.39 is 0 Å². The molecule has 0 atom stereocenters. The maximum atomic E-state index is 11.7. The third kappa shape index (κ3) is 1.89. The normalized spacial score (nSPS) is 10.8. The zero-order valence-electron chi connectivity index (χ0n) is 10.4. The number of aromatic hydroxyl groups is 1. The molecule has 0 fully saturated rings. The average molecular weight is 250 g/mol. The van der Waals surface area contributed by atoms with E-state index in [9.17, 15) is 9.90 Å². The molecule has 1 heterocycles. The van der Waals surface area contributed by atoms with Gasteiger partial charge in [0.15, 0.2) is 5.78 Å². The molecular weight excluding hydrogens is 238 g/mol. The van der Waals surface area contributed by atoms with Gasteiger partial charge in [-0.15, -0.1) is 0 Å². The van der Waals surface area contributed by atoms with E-state index in [2.05, 4.69) is 6.07 Å². The van der Waals surface area contributed by atoms with E-state index in [-0.39, 0.29) is 11.5 Å². The number of phenols is 1. The fraction of sp³-hybridized carbons (Fsp3) is 0.0625. The van der Waals surface area contributed by atoms with E-state index >= 15 is 0 Å². The molecule has 0 bridgehead atoms. The number of hydrogen-bond acceptors (Lipinski definition) is 2. The Kier molecular flexibility index (Phi) is 2.60. The first-order valence-corrected chi connectivity index (χ1v) is 5.98. The number of benzene rings is 2. The molecule has 19 heavy (non-hydrogen) atoms. The highest BCUT2D eigenvalue weighted by Crippen LogP contribution is 2.26. The van der Waals surface area contributed by atoms with Gasteiger partial charge in [-0.3, -0.25) is 4.79 Å². The van der Waals surface area contributed by atoms with Gasteiger partial charge in [-0.05, 0) is 31.2 Å². The quantitative estimate of drug-likeness (QED) is 0.709. The highest BCUT2D eigenvalue weighted by Gasteiger charge is 2.12. The molecule has 2 aromatic carbocycles. The Morgan fingerprint density at radius 3 is 2.89 bits per heavy atom. The van der Waals surface area contributed by atoms with Crippen molar-refractivity contribution < 1.29 is 9.90 Å². The molecule has 3 nitrogen and oxygen atoms in total. The lowest BCUT2D eigenvalue weighted by atomic mass is 10.1. The minimum Gasteiger partial charge on any atom is -0.508 e. The minimum absolute atomic E-state index is 0.0232. The van der Waals surface area contributed by atoms with Gasteiger partial charge in [0.05, 0.1) is 5.52 Å². The predicted molar refractivity (Wildman–Crippen MR) is 73.8 cm³/mol. The Bertz CT molecular complexity index is 771. The summed E-state index contributed by atoms with van der Waals surface area (Å²) in [6, 6.07) is 15.5. The van der Waals surface area contributed by atoms with Gasteiger partial charge in [-0.25, -0.2) is 0 Å². The lowest BCUT2D eigenvalue weighted by Gasteiger charge is -2.05. The number of carbonyl (C=O) groups is 1. The van der Waals surface area contributed by atoms with Gasteiger partial charge in [-0.2, -0.15) is 0 Å². The van der Waals surface area contributed by atoms with Crippen LogP contribution in [0.3, 0.4) is 0 Å². The molecule has 1 N–H and O–H groups in total. The summed E-state index contributed by atoms with van der Waals surface area (Å²) in [6.45, 7) is 1.55. The van der Waals surface area contributed by atoms with Crippen molar-refractivity contribution in [2.45, 2.75) is 6.92 Å². The van der Waals surface area contributed by atoms with Gasteiger partial charge >= 0.3 is 0 Å². The lowest BCUT2D eigenvalue weighted by molar-refractivity contribution is 0.101. The van der Waals surface area contributed by atoms with Crippen molar-refractivity contribution in [2.75, 3.05) is 0 Å². The first-order chi connectivity index (χ1) is 9.16. The van der Waals surface area contributed by atoms with E-state index in [1.165, 1.54) is 0 Å². The van der Waals surface area contributed by atoms with Crippen LogP contribution in [0.5, 0.6) is 5.75 Å². The molecule has 0 aliphatic carbocycles. The van der Waals surface area contributed by atoms with E-state index in [1.54, 1.807) is 37.4 Å². The number of phenolic OH excluding ortho intramolecular Hbond substituents is 1. The first kappa shape index (κ1) is 11.5. The number of ketones is 1. The molecule has 1 radical (unpaired) electrons. The van der Waals surface area contributed by atoms with Crippen LogP contribution in [0.4, 0.5) is 0 Å². The molecule has 0 unspecified atom stereocenters. The Morgan fingerprint density at radius 2 is 2.16 bits per heavy atom. The van der Waals surface area contributed by atoms with Gasteiger partial charge in [-0.1, -0.05) is 18.2 Å². The molecule has 3 aromatic rings. The molecular formula is C16H12NO2. The molecule has 1 aromatic heterocycles. The van der Waals surface area contributed by atoms with Crippen molar-refractivity contribution >= 4 is 16.7 Å². The van der Waals surface area contributed by atoms with Crippen molar-refractivity contribution in [2.24, 2.45) is 0 Å². The van der Waals surface area contributed by atoms with E-state index in [0.717, 1.165) is 16.6 Å². The summed E-state index contributed by atoms with van der Waals surface area (Å²) in [5.41, 5.74) is 2.39. The standard InChI is InChI=1S/C16H12NO2/c1-11(18)15-10-17(12-5-4-6-13(19)9-12)16-8-3-2-7-14(15)16/h2,4-10,19H,1H3. The van der Waals surface area contributed by atoms with Gasteiger partial charge in [0.2, 0.25) is 0 Å². The first-order valence-electron chi connectivity index (χ1n) is 5.98. The summed E-state index contributed by atoms with van der Waals surface area (Å²) < 4.78 is 1.89. The zero-order chi connectivity index (χ0) is 13.4. The summed E-state index contributed by atoms with van der Waals surface area (Å²) >= 11 is 0. The highest BCUT2D eigenvalue weighted by molar-refractivity contribution is 6.07. The third-order valence-electron chi connectivity index (χ3n) is 3.14. The summed E-state index contributed by atoms with van der Waals surface area (Å²) in [7, 11) is 0. The van der Waals surface area contributed by atoms with Crippen LogP contribution < -0.4 is 0 Å². The van der Waals surface area contributed by atoms with Crippen LogP contribution in [-0.2, 0) is 0 Å². The summed E-state index contributed by atoms with van der Waals surface area (Å²) in [5.74, 6) is 0.221. The fourth-order valence-electron chi connectivity index (χ4n) is 2.25. The third-order valence-corrected chi connectivity index (χ3v) is 3.14. The predicted octanol–water partition coefficient (Wildman–Crippen LogP) is 3.34. The van der Waals surface area contributed by atoms with E-state index in [1.807, 2.05) is 22.8 Å². The molecule has 0 aliphatic rings. The van der Waals surface area contributed by atoms with Crippen LogP contribution in [-0.4, -0.2) is 15.5 Å². The molecule has 3 rings (SSSR count). The topological polar surface area (TPSA) is 42.2 Å². The summed E-state index contributed by atoms with van der Waals surface area (Å²) in [4.78, 5) is 11.7. The minimum atomic E-state index is 0.0232. The van der Waals surface area contributed by atoms with Gasteiger partial charge < -0.3 is 9.67 Å². The highest BCUT2D eigenvalue weighted by atomic mass is 16.3. The molecule has 0 amide bonds. The second kappa shape index (κ2) is 4.28. The van der Waals surface area contributed by atoms with Gasteiger partial charge in [0, 0.05) is 28.9 Å². The molecule has 3 heteroatoms. The smallest absolute Gasteiger partial charge is 0.161 e. The van der Waals surface area contributed by atoms with E-state index in [0.29, 0.717) is 5.56 Å². The molecule has 0 saturated heterocycles. The van der Waals surface area contributed by atoms with Crippen molar-refractivity contribution in [3.05, 3.63) is 60.3 Å². The number of nitrogens with zero attached hydrogens (tertiary/aromatic N) is 1. The van der Waals surface area contributed by atoms with Crippen LogP contribution in [0.1, 0.15) is 17.3 Å². The maximum Gasteiger partial charge on any atom is 0.161 e. The van der Waals surface area contributed by atoms with Crippen LogP contribution in [0.25, 0.3) is 16.6 Å². The number of aromatic nitrogens is 1. The summed E-state index contributed by atoms with van der Waals surface area (Å²) in [6.07, 6.45) is 1.80. The maximum absolute atomic E-state index is 11.7. The van der Waals surface area contributed by atoms with Gasteiger partial charge in [0.1, 0.15) is 5.75 Å². The number of fused-ring (bicyclic) bond motifs is 1. The fourth-order valence-corrected chi connectivity index (χ4v) is 2.25. The van der Waals surface area contributed by atoms with E-state index in [4.69, 9.17) is 0 Å². The molecule has 93 valence electrons. The number of Topliss-reactive ketones (excluding diaryl/α,β-unsaturated/α-hetero) is 1. The summed E-state index contributed by atoms with van der Waals surface area (Å²) in [5, 5.41) is 10.5. The monoisotopic (exact) mass is 250 g/mol. The Balaban J connectivity index is 2.33. The van der Waals surface area contributed by atoms with Crippen LogP contribution in [0.2, 0.25) is 0 Å². The number of hydrogen-bond donors (Lipinski definition) is 1. The van der Waals surface area contributed by atoms with Gasteiger partial charge in [0.25, 0.3) is 0 Å². The average Bonchev–Trinajstić information content (AvgIpc) is 2.78. The van der Waals surface area contributed by atoms with Crippen molar-refractivity contribution in [3.8, 4) is 11.4 Å². The lowest BCUT2D eigenvalue weighted by Crippen LogP contribution is -1.92. The Hall–Kier alpha value is -2.55. The second-order valence-electron chi connectivity index (χ2n) is 4.43. The van der Waals surface area contributed by atoms with Crippen LogP contribution >= 0.6 is 0 Å². The number of carbonyl (C=O) groups excluding carboxylic acids is 1. The van der Waals surface area contributed by atoms with Crippen LogP contribution in [0.15, 0.2) is 48.7 Å². The molecule has 0 saturated carbocycles. The Morgan fingerprint density at radius 1 is 1.32 bits per heavy atom. The SMILES string of the molecule is CC(=O)c1cn(-c2cccc(O)c2)c2c[c]ccc12. The van der Waals surface area contributed by atoms with Crippen molar-refractivity contribution in [1.29, 1.82) is 0 Å².